The van der Waals surface area contributed by atoms with Gasteiger partial charge in [-0.25, -0.2) is 0 Å². The van der Waals surface area contributed by atoms with E-state index in [4.69, 9.17) is 9.26 Å². The number of aromatic nitrogens is 2. The van der Waals surface area contributed by atoms with Gasteiger partial charge in [0.05, 0.1) is 17.2 Å². The molecule has 1 aromatic rings. The molecule has 0 bridgehead atoms. The van der Waals surface area contributed by atoms with Gasteiger partial charge in [0, 0.05) is 19.1 Å². The van der Waals surface area contributed by atoms with Crippen molar-refractivity contribution in [3.63, 3.8) is 0 Å². The summed E-state index contributed by atoms with van der Waals surface area (Å²) < 4.78 is 10.7. The van der Waals surface area contributed by atoms with Crippen LogP contribution in [0.1, 0.15) is 69.0 Å². The van der Waals surface area contributed by atoms with Crippen molar-refractivity contribution in [2.24, 2.45) is 5.41 Å². The lowest BCUT2D eigenvalue weighted by atomic mass is 9.78. The van der Waals surface area contributed by atoms with Crippen LogP contribution in [-0.4, -0.2) is 29.1 Å². The summed E-state index contributed by atoms with van der Waals surface area (Å²) in [6.45, 7) is 1.46. The Bertz CT molecular complexity index is 528. The highest BCUT2D eigenvalue weighted by Gasteiger charge is 2.31. The molecule has 2 aliphatic rings. The maximum atomic E-state index is 9.44. The molecule has 126 valence electrons. The van der Waals surface area contributed by atoms with Crippen molar-refractivity contribution in [2.75, 3.05) is 19.0 Å². The Balaban J connectivity index is 1.36. The maximum Gasteiger partial charge on any atom is 0.236 e. The molecule has 1 saturated carbocycles. The molecule has 6 heteroatoms. The Kier molecular flexibility index (Phi) is 5.96. The first-order valence-corrected chi connectivity index (χ1v) is 9.86. The van der Waals surface area contributed by atoms with Gasteiger partial charge in [-0.1, -0.05) is 18.0 Å². The summed E-state index contributed by atoms with van der Waals surface area (Å²) in [5.41, 5.74) is -0.154. The van der Waals surface area contributed by atoms with Gasteiger partial charge in [-0.2, -0.15) is 22.0 Å². The first-order chi connectivity index (χ1) is 11.3. The van der Waals surface area contributed by atoms with E-state index in [0.29, 0.717) is 5.92 Å². The molecule has 0 amide bonds. The SMILES string of the molecule is N#CC1(CCCSCc2nc(C3CCCC3)no2)CCOCC1. The number of hydrogen-bond donors (Lipinski definition) is 0. The van der Waals surface area contributed by atoms with Gasteiger partial charge in [0.25, 0.3) is 0 Å². The Morgan fingerprint density at radius 1 is 1.26 bits per heavy atom. The average Bonchev–Trinajstić information content (AvgIpc) is 3.27. The van der Waals surface area contributed by atoms with Gasteiger partial charge in [0.2, 0.25) is 5.89 Å². The number of hydrogen-bond acceptors (Lipinski definition) is 6. The van der Waals surface area contributed by atoms with Crippen molar-refractivity contribution < 1.29 is 9.26 Å². The molecule has 3 rings (SSSR count). The van der Waals surface area contributed by atoms with Crippen molar-refractivity contribution in [3.05, 3.63) is 11.7 Å². The van der Waals surface area contributed by atoms with Crippen molar-refractivity contribution in [1.82, 2.24) is 10.1 Å². The molecule has 23 heavy (non-hydrogen) atoms. The van der Waals surface area contributed by atoms with E-state index < -0.39 is 0 Å². The van der Waals surface area contributed by atoms with Gasteiger partial charge in [-0.05, 0) is 44.3 Å². The summed E-state index contributed by atoms with van der Waals surface area (Å²) in [4.78, 5) is 4.54. The first-order valence-electron chi connectivity index (χ1n) is 8.71. The Labute approximate surface area is 142 Å². The fourth-order valence-corrected chi connectivity index (χ4v) is 4.31. The molecular formula is C17H25N3O2S. The molecule has 5 nitrogen and oxygen atoms in total. The molecule has 0 N–H and O–H groups in total. The summed E-state index contributed by atoms with van der Waals surface area (Å²) in [6, 6.07) is 2.53. The van der Waals surface area contributed by atoms with E-state index in [-0.39, 0.29) is 5.41 Å². The van der Waals surface area contributed by atoms with E-state index in [9.17, 15) is 5.26 Å². The molecule has 2 fully saturated rings. The van der Waals surface area contributed by atoms with Gasteiger partial charge in [0.1, 0.15) is 0 Å². The lowest BCUT2D eigenvalue weighted by Gasteiger charge is -2.30. The Morgan fingerprint density at radius 3 is 2.78 bits per heavy atom. The van der Waals surface area contributed by atoms with Crippen molar-refractivity contribution in [3.8, 4) is 6.07 Å². The Morgan fingerprint density at radius 2 is 2.04 bits per heavy atom. The van der Waals surface area contributed by atoms with Crippen LogP contribution in [0.25, 0.3) is 0 Å². The van der Waals surface area contributed by atoms with Crippen molar-refractivity contribution in [1.29, 1.82) is 5.26 Å². The van der Waals surface area contributed by atoms with E-state index in [1.54, 1.807) is 0 Å². The number of nitriles is 1. The fraction of sp³-hybridized carbons (Fsp3) is 0.824. The van der Waals surface area contributed by atoms with Crippen LogP contribution in [0.15, 0.2) is 4.52 Å². The van der Waals surface area contributed by atoms with Crippen LogP contribution < -0.4 is 0 Å². The van der Waals surface area contributed by atoms with Crippen LogP contribution in [0.3, 0.4) is 0 Å². The molecule has 1 saturated heterocycles. The smallest absolute Gasteiger partial charge is 0.236 e. The van der Waals surface area contributed by atoms with Crippen LogP contribution in [0.5, 0.6) is 0 Å². The van der Waals surface area contributed by atoms with Crippen molar-refractivity contribution in [2.45, 2.75) is 63.0 Å². The lowest BCUT2D eigenvalue weighted by molar-refractivity contribution is 0.0368. The monoisotopic (exact) mass is 335 g/mol. The van der Waals surface area contributed by atoms with Crippen LogP contribution >= 0.6 is 11.8 Å². The quantitative estimate of drug-likeness (QED) is 0.700. The van der Waals surface area contributed by atoms with Crippen LogP contribution in [0, 0.1) is 16.7 Å². The first kappa shape index (κ1) is 16.8. The second-order valence-electron chi connectivity index (χ2n) is 6.69. The van der Waals surface area contributed by atoms with Crippen molar-refractivity contribution >= 4 is 11.8 Å². The van der Waals surface area contributed by atoms with Gasteiger partial charge < -0.3 is 9.26 Å². The molecule has 1 aromatic heterocycles. The minimum Gasteiger partial charge on any atom is -0.381 e. The molecule has 0 atom stereocenters. The van der Waals surface area contributed by atoms with Gasteiger partial charge >= 0.3 is 0 Å². The summed E-state index contributed by atoms with van der Waals surface area (Å²) in [5.74, 6) is 3.98. The van der Waals surface area contributed by atoms with E-state index >= 15 is 0 Å². The third-order valence-electron chi connectivity index (χ3n) is 5.06. The summed E-state index contributed by atoms with van der Waals surface area (Å²) in [7, 11) is 0. The van der Waals surface area contributed by atoms with Crippen LogP contribution in [0.2, 0.25) is 0 Å². The molecule has 0 radical (unpaired) electrons. The zero-order valence-corrected chi connectivity index (χ0v) is 14.4. The summed E-state index contributed by atoms with van der Waals surface area (Å²) >= 11 is 1.82. The summed E-state index contributed by atoms with van der Waals surface area (Å²) in [5, 5.41) is 13.6. The number of ether oxygens (including phenoxy) is 1. The molecule has 1 aliphatic carbocycles. The van der Waals surface area contributed by atoms with Gasteiger partial charge in [0.15, 0.2) is 5.82 Å². The predicted octanol–water partition coefficient (Wildman–Crippen LogP) is 4.06. The topological polar surface area (TPSA) is 71.9 Å². The minimum absolute atomic E-state index is 0.154. The minimum atomic E-state index is -0.154. The van der Waals surface area contributed by atoms with E-state index in [2.05, 4.69) is 16.2 Å². The largest absolute Gasteiger partial charge is 0.381 e. The number of nitrogens with zero attached hydrogens (tertiary/aromatic N) is 3. The fourth-order valence-electron chi connectivity index (χ4n) is 3.53. The van der Waals surface area contributed by atoms with Crippen LogP contribution in [-0.2, 0) is 10.5 Å². The highest BCUT2D eigenvalue weighted by atomic mass is 32.2. The molecule has 0 unspecified atom stereocenters. The van der Waals surface area contributed by atoms with E-state index in [1.807, 2.05) is 11.8 Å². The zero-order valence-electron chi connectivity index (χ0n) is 13.6. The number of thioether (sulfide) groups is 1. The highest BCUT2D eigenvalue weighted by molar-refractivity contribution is 7.98. The molecule has 0 aromatic carbocycles. The Hall–Kier alpha value is -1.06. The molecular weight excluding hydrogens is 310 g/mol. The molecule has 0 spiro atoms. The number of rotatable bonds is 7. The molecule has 1 aliphatic heterocycles. The summed E-state index contributed by atoms with van der Waals surface area (Å²) in [6.07, 6.45) is 8.76. The van der Waals surface area contributed by atoms with Gasteiger partial charge in [-0.15, -0.1) is 0 Å². The lowest BCUT2D eigenvalue weighted by Crippen LogP contribution is -2.28. The van der Waals surface area contributed by atoms with E-state index in [1.165, 1.54) is 25.7 Å². The normalized spacial score (nSPS) is 21.3. The molecule has 2 heterocycles. The predicted molar refractivity (Wildman–Crippen MR) is 89.0 cm³/mol. The van der Waals surface area contributed by atoms with E-state index in [0.717, 1.165) is 62.1 Å². The second kappa shape index (κ2) is 8.16. The van der Waals surface area contributed by atoms with Gasteiger partial charge in [-0.3, -0.25) is 0 Å². The van der Waals surface area contributed by atoms with Crippen LogP contribution in [0.4, 0.5) is 0 Å². The maximum absolute atomic E-state index is 9.44. The third kappa shape index (κ3) is 4.48. The second-order valence-corrected chi connectivity index (χ2v) is 7.79. The highest BCUT2D eigenvalue weighted by Crippen LogP contribution is 2.35. The third-order valence-corrected chi connectivity index (χ3v) is 6.09. The zero-order chi connectivity index (χ0) is 16.0. The standard InChI is InChI=1S/C17H25N3O2S/c18-13-17(7-9-21-10-8-17)6-3-11-23-12-15-19-16(20-22-15)14-4-1-2-5-14/h14H,1-12H2. The average molecular weight is 335 g/mol.